The van der Waals surface area contributed by atoms with Crippen LogP contribution in [-0.2, 0) is 4.79 Å². The minimum atomic E-state index is -0.777. The lowest BCUT2D eigenvalue weighted by Gasteiger charge is -2.42. The van der Waals surface area contributed by atoms with E-state index in [2.05, 4.69) is 10.4 Å². The van der Waals surface area contributed by atoms with Gasteiger partial charge in [-0.2, -0.15) is 0 Å². The molecule has 4 nitrogen and oxygen atoms in total. The van der Waals surface area contributed by atoms with Gasteiger partial charge >= 0.3 is 5.97 Å². The fourth-order valence-electron chi connectivity index (χ4n) is 4.43. The topological polar surface area (TPSA) is 52.6 Å². The van der Waals surface area contributed by atoms with Gasteiger partial charge in [0.15, 0.2) is 0 Å². The second kappa shape index (κ2) is 7.65. The Morgan fingerprint density at radius 3 is 2.17 bits per heavy atom. The van der Waals surface area contributed by atoms with E-state index in [9.17, 15) is 9.90 Å². The lowest BCUT2D eigenvalue weighted by molar-refractivity contribution is -0.139. The molecule has 3 rings (SSSR count). The van der Waals surface area contributed by atoms with E-state index in [1.807, 2.05) is 0 Å². The van der Waals surface area contributed by atoms with Crippen molar-refractivity contribution in [3.63, 3.8) is 0 Å². The van der Waals surface area contributed by atoms with Crippen LogP contribution in [0.4, 0.5) is 0 Å². The molecule has 1 aliphatic heterocycles. The van der Waals surface area contributed by atoms with E-state index < -0.39 is 12.0 Å². The fraction of sp³-hybridized carbons (Fsp3) is 0.938. The molecule has 5 atom stereocenters. The Kier molecular flexibility index (Phi) is 6.01. The van der Waals surface area contributed by atoms with Gasteiger partial charge in [0.1, 0.15) is 6.04 Å². The number of alkyl halides is 3. The molecule has 3 fully saturated rings. The molecule has 0 bridgehead atoms. The van der Waals surface area contributed by atoms with Gasteiger partial charge in [-0.1, -0.05) is 0 Å². The zero-order valence-electron chi connectivity index (χ0n) is 13.1. The summed E-state index contributed by atoms with van der Waals surface area (Å²) in [6.07, 6.45) is 7.47. The van der Waals surface area contributed by atoms with Gasteiger partial charge in [-0.3, -0.25) is 4.79 Å². The van der Waals surface area contributed by atoms with Crippen LogP contribution in [0.15, 0.2) is 0 Å². The summed E-state index contributed by atoms with van der Waals surface area (Å²) in [6, 6.07) is -0.112. The molecule has 1 heterocycles. The van der Waals surface area contributed by atoms with E-state index >= 15 is 0 Å². The number of carbonyl (C=O) groups is 1. The van der Waals surface area contributed by atoms with Crippen LogP contribution in [0, 0.1) is 5.92 Å². The quantitative estimate of drug-likeness (QED) is 0.731. The van der Waals surface area contributed by atoms with Crippen molar-refractivity contribution in [1.29, 1.82) is 0 Å². The standard InChI is InChI=1S/C16H25Cl3N2O2/c17-10-3-1-9(2-4-10)15-8-13(16(22)23)20-21(15)14-6-5-11(18)7-12(14)19/h9-15,20H,1-8H2,(H,22,23). The van der Waals surface area contributed by atoms with Crippen molar-refractivity contribution in [2.24, 2.45) is 5.92 Å². The number of rotatable bonds is 3. The van der Waals surface area contributed by atoms with Gasteiger partial charge in [-0.25, -0.2) is 10.4 Å². The van der Waals surface area contributed by atoms with E-state index in [0.717, 1.165) is 44.9 Å². The van der Waals surface area contributed by atoms with E-state index in [4.69, 9.17) is 34.8 Å². The number of hydrogen-bond donors (Lipinski definition) is 2. The molecule has 0 amide bonds. The zero-order chi connectivity index (χ0) is 16.6. The van der Waals surface area contributed by atoms with Crippen molar-refractivity contribution in [3.8, 4) is 0 Å². The van der Waals surface area contributed by atoms with Crippen LogP contribution in [0.2, 0.25) is 0 Å². The summed E-state index contributed by atoms with van der Waals surface area (Å²) in [7, 11) is 0. The van der Waals surface area contributed by atoms with Crippen molar-refractivity contribution in [2.45, 2.75) is 85.6 Å². The van der Waals surface area contributed by atoms with Crippen molar-refractivity contribution in [3.05, 3.63) is 0 Å². The van der Waals surface area contributed by atoms with Gasteiger partial charge in [0.2, 0.25) is 0 Å². The monoisotopic (exact) mass is 382 g/mol. The molecular weight excluding hydrogens is 359 g/mol. The Hall–Kier alpha value is 0.260. The summed E-state index contributed by atoms with van der Waals surface area (Å²) in [5, 5.41) is 12.0. The van der Waals surface area contributed by atoms with Crippen LogP contribution in [0.1, 0.15) is 51.4 Å². The number of hydrazine groups is 1. The Balaban J connectivity index is 1.73. The zero-order valence-corrected chi connectivity index (χ0v) is 15.4. The van der Waals surface area contributed by atoms with Crippen LogP contribution >= 0.6 is 34.8 Å². The van der Waals surface area contributed by atoms with Crippen molar-refractivity contribution in [2.75, 3.05) is 0 Å². The molecule has 0 spiro atoms. The maximum atomic E-state index is 11.5. The lowest BCUT2D eigenvalue weighted by atomic mass is 9.81. The number of nitrogens with one attached hydrogen (secondary N) is 1. The van der Waals surface area contributed by atoms with Crippen LogP contribution in [0.25, 0.3) is 0 Å². The van der Waals surface area contributed by atoms with Crippen molar-refractivity contribution >= 4 is 40.8 Å². The molecular formula is C16H25Cl3N2O2. The molecule has 5 unspecified atom stereocenters. The lowest BCUT2D eigenvalue weighted by Crippen LogP contribution is -2.55. The van der Waals surface area contributed by atoms with Gasteiger partial charge in [0.25, 0.3) is 0 Å². The minimum Gasteiger partial charge on any atom is -0.480 e. The summed E-state index contributed by atoms with van der Waals surface area (Å²) in [5.41, 5.74) is 3.24. The summed E-state index contributed by atoms with van der Waals surface area (Å²) in [4.78, 5) is 11.5. The minimum absolute atomic E-state index is 0.0295. The Bertz CT molecular complexity index is 432. The Morgan fingerprint density at radius 2 is 1.57 bits per heavy atom. The van der Waals surface area contributed by atoms with Gasteiger partial charge in [0.05, 0.1) is 5.38 Å². The SMILES string of the molecule is O=C(O)C1CC(C2CCC(Cl)CC2)N(C2CCC(Cl)CC2Cl)N1. The first-order valence-corrected chi connectivity index (χ1v) is 9.96. The molecule has 132 valence electrons. The van der Waals surface area contributed by atoms with Gasteiger partial charge < -0.3 is 5.11 Å². The number of aliphatic carboxylic acids is 1. The van der Waals surface area contributed by atoms with E-state index in [-0.39, 0.29) is 28.2 Å². The molecule has 23 heavy (non-hydrogen) atoms. The smallest absolute Gasteiger partial charge is 0.322 e. The second-order valence-electron chi connectivity index (χ2n) is 7.24. The molecule has 0 aromatic carbocycles. The number of carboxylic acids is 1. The van der Waals surface area contributed by atoms with Gasteiger partial charge in [-0.15, -0.1) is 34.8 Å². The maximum Gasteiger partial charge on any atom is 0.322 e. The third-order valence-electron chi connectivity index (χ3n) is 5.71. The predicted octanol–water partition coefficient (Wildman–Crippen LogP) is 3.58. The van der Waals surface area contributed by atoms with Crippen molar-refractivity contribution < 1.29 is 9.90 Å². The summed E-state index contributed by atoms with van der Waals surface area (Å²) in [6.45, 7) is 0. The highest BCUT2D eigenvalue weighted by Gasteiger charge is 2.46. The molecule has 1 saturated heterocycles. The fourth-order valence-corrected chi connectivity index (χ4v) is 5.55. The number of halogens is 3. The highest BCUT2D eigenvalue weighted by Crippen LogP contribution is 2.39. The van der Waals surface area contributed by atoms with Gasteiger partial charge in [-0.05, 0) is 57.3 Å². The molecule has 2 N–H and O–H groups in total. The maximum absolute atomic E-state index is 11.5. The first-order chi connectivity index (χ1) is 11.0. The van der Waals surface area contributed by atoms with Crippen LogP contribution in [0.3, 0.4) is 0 Å². The number of nitrogens with zero attached hydrogens (tertiary/aromatic N) is 1. The average molecular weight is 384 g/mol. The Labute approximate surface area is 152 Å². The summed E-state index contributed by atoms with van der Waals surface area (Å²) < 4.78 is 0. The highest BCUT2D eigenvalue weighted by atomic mass is 35.5. The number of hydrogen-bond acceptors (Lipinski definition) is 3. The normalized spacial score (nSPS) is 46.0. The molecule has 7 heteroatoms. The van der Waals surface area contributed by atoms with Crippen LogP contribution in [-0.4, -0.2) is 50.3 Å². The Morgan fingerprint density at radius 1 is 0.913 bits per heavy atom. The predicted molar refractivity (Wildman–Crippen MR) is 93.3 cm³/mol. The van der Waals surface area contributed by atoms with Crippen molar-refractivity contribution in [1.82, 2.24) is 10.4 Å². The van der Waals surface area contributed by atoms with Crippen LogP contribution < -0.4 is 5.43 Å². The largest absolute Gasteiger partial charge is 0.480 e. The molecule has 3 aliphatic rings. The third kappa shape index (κ3) is 4.09. The third-order valence-corrected chi connectivity index (χ3v) is 7.02. The molecule has 2 saturated carbocycles. The molecule has 0 aromatic heterocycles. The average Bonchev–Trinajstić information content (AvgIpc) is 2.93. The second-order valence-corrected chi connectivity index (χ2v) is 9.03. The van der Waals surface area contributed by atoms with E-state index in [1.54, 1.807) is 0 Å². The number of carboxylic acid groups (broad SMARTS) is 1. The molecule has 0 aromatic rings. The highest BCUT2D eigenvalue weighted by molar-refractivity contribution is 6.24. The van der Waals surface area contributed by atoms with E-state index in [0.29, 0.717) is 12.3 Å². The molecule has 2 aliphatic carbocycles. The first-order valence-electron chi connectivity index (χ1n) is 8.65. The summed E-state index contributed by atoms with van der Waals surface area (Å²) in [5.74, 6) is -0.278. The van der Waals surface area contributed by atoms with E-state index in [1.165, 1.54) is 0 Å². The van der Waals surface area contributed by atoms with Crippen LogP contribution in [0.5, 0.6) is 0 Å². The van der Waals surface area contributed by atoms with Gasteiger partial charge in [0, 0.05) is 22.8 Å². The summed E-state index contributed by atoms with van der Waals surface area (Å²) >= 11 is 19.0. The molecule has 0 radical (unpaired) electrons. The first kappa shape index (κ1) is 18.1.